The molecule has 1 aromatic carbocycles. The van der Waals surface area contributed by atoms with Gasteiger partial charge < -0.3 is 15.7 Å². The van der Waals surface area contributed by atoms with Gasteiger partial charge in [-0.3, -0.25) is 4.79 Å². The topological polar surface area (TPSA) is 78.4 Å². The van der Waals surface area contributed by atoms with Crippen molar-refractivity contribution in [3.8, 4) is 0 Å². The first kappa shape index (κ1) is 19.1. The molecular formula is C20H28N2O3S. The van der Waals surface area contributed by atoms with E-state index in [1.807, 2.05) is 30.0 Å². The van der Waals surface area contributed by atoms with E-state index in [9.17, 15) is 9.59 Å². The maximum atomic E-state index is 12.2. The summed E-state index contributed by atoms with van der Waals surface area (Å²) in [6.07, 6.45) is 8.08. The highest BCUT2D eigenvalue weighted by Gasteiger charge is 2.26. The molecule has 0 atom stereocenters. The van der Waals surface area contributed by atoms with Gasteiger partial charge in [0.25, 0.3) is 0 Å². The van der Waals surface area contributed by atoms with Crippen LogP contribution in [0.4, 0.5) is 10.5 Å². The Kier molecular flexibility index (Phi) is 6.83. The first-order valence-corrected chi connectivity index (χ1v) is 10.7. The van der Waals surface area contributed by atoms with Gasteiger partial charge in [-0.1, -0.05) is 25.0 Å². The summed E-state index contributed by atoms with van der Waals surface area (Å²) in [4.78, 5) is 23.2. The van der Waals surface area contributed by atoms with E-state index in [0.717, 1.165) is 29.5 Å². The molecule has 0 saturated heterocycles. The molecule has 2 saturated carbocycles. The van der Waals surface area contributed by atoms with Gasteiger partial charge in [-0.05, 0) is 56.2 Å². The summed E-state index contributed by atoms with van der Waals surface area (Å²) in [5.41, 5.74) is 2.05. The van der Waals surface area contributed by atoms with Crippen LogP contribution in [-0.2, 0) is 10.5 Å². The van der Waals surface area contributed by atoms with Crippen LogP contribution in [0.5, 0.6) is 0 Å². The Balaban J connectivity index is 1.43. The maximum absolute atomic E-state index is 12.2. The molecule has 3 N–H and O–H groups in total. The highest BCUT2D eigenvalue weighted by Crippen LogP contribution is 2.32. The summed E-state index contributed by atoms with van der Waals surface area (Å²) in [5.74, 6) is 0.00595. The molecule has 0 aromatic heterocycles. The van der Waals surface area contributed by atoms with Gasteiger partial charge in [0.2, 0.25) is 0 Å². The van der Waals surface area contributed by atoms with Gasteiger partial charge in [0.1, 0.15) is 0 Å². The van der Waals surface area contributed by atoms with Crippen LogP contribution in [0.3, 0.4) is 0 Å². The van der Waals surface area contributed by atoms with Crippen molar-refractivity contribution in [3.05, 3.63) is 29.8 Å². The van der Waals surface area contributed by atoms with Crippen LogP contribution in [0.1, 0.15) is 56.9 Å². The number of thioether (sulfide) groups is 1. The van der Waals surface area contributed by atoms with Crippen molar-refractivity contribution in [1.29, 1.82) is 0 Å². The number of anilines is 1. The van der Waals surface area contributed by atoms with E-state index < -0.39 is 5.97 Å². The monoisotopic (exact) mass is 376 g/mol. The van der Waals surface area contributed by atoms with Crippen molar-refractivity contribution in [2.45, 2.75) is 68.4 Å². The molecule has 2 aliphatic rings. The molecule has 0 radical (unpaired) electrons. The summed E-state index contributed by atoms with van der Waals surface area (Å²) in [5, 5.41) is 15.7. The third-order valence-electron chi connectivity index (χ3n) is 5.38. The van der Waals surface area contributed by atoms with Crippen molar-refractivity contribution < 1.29 is 14.7 Å². The molecule has 26 heavy (non-hydrogen) atoms. The minimum atomic E-state index is -0.722. The van der Waals surface area contributed by atoms with Crippen LogP contribution in [-0.4, -0.2) is 28.4 Å². The molecule has 0 aliphatic heterocycles. The molecule has 2 fully saturated rings. The lowest BCUT2D eigenvalue weighted by Gasteiger charge is -2.26. The van der Waals surface area contributed by atoms with E-state index in [-0.39, 0.29) is 18.0 Å². The average molecular weight is 377 g/mol. The van der Waals surface area contributed by atoms with E-state index in [1.165, 1.54) is 31.2 Å². The molecule has 2 amide bonds. The van der Waals surface area contributed by atoms with Gasteiger partial charge in [-0.2, -0.15) is 11.8 Å². The summed E-state index contributed by atoms with van der Waals surface area (Å²) >= 11 is 2.02. The number of aliphatic carboxylic acids is 1. The Morgan fingerprint density at radius 1 is 1.08 bits per heavy atom. The molecule has 3 rings (SSSR count). The van der Waals surface area contributed by atoms with E-state index in [0.29, 0.717) is 12.8 Å². The third-order valence-corrected chi connectivity index (χ3v) is 6.83. The first-order chi connectivity index (χ1) is 12.6. The Bertz CT molecular complexity index is 623. The number of hydrogen-bond acceptors (Lipinski definition) is 3. The standard InChI is InChI=1S/C20H28N2O3S/c23-19(24)15-8-10-16(11-9-15)21-20(25)22-17-5-3-4-14(12-17)13-26-18-6-1-2-7-18/h3-5,12,15-16,18H,1-2,6-11,13H2,(H,23,24)(H2,21,22,25). The van der Waals surface area contributed by atoms with Crippen molar-refractivity contribution in [3.63, 3.8) is 0 Å². The Labute approximate surface area is 159 Å². The number of nitrogens with one attached hydrogen (secondary N) is 2. The van der Waals surface area contributed by atoms with Crippen molar-refractivity contribution >= 4 is 29.4 Å². The number of carbonyl (C=O) groups is 2. The second kappa shape index (κ2) is 9.31. The Morgan fingerprint density at radius 3 is 2.50 bits per heavy atom. The zero-order valence-corrected chi connectivity index (χ0v) is 15.9. The number of hydrogen-bond donors (Lipinski definition) is 3. The predicted octanol–water partition coefficient (Wildman–Crippen LogP) is 4.63. The molecule has 142 valence electrons. The van der Waals surface area contributed by atoms with Gasteiger partial charge in [-0.25, -0.2) is 4.79 Å². The smallest absolute Gasteiger partial charge is 0.319 e. The van der Waals surface area contributed by atoms with Gasteiger partial charge in [0, 0.05) is 22.7 Å². The molecule has 2 aliphatic carbocycles. The molecule has 5 nitrogen and oxygen atoms in total. The second-order valence-electron chi connectivity index (χ2n) is 7.40. The van der Waals surface area contributed by atoms with Gasteiger partial charge in [-0.15, -0.1) is 0 Å². The molecule has 0 unspecified atom stereocenters. The van der Waals surface area contributed by atoms with Crippen molar-refractivity contribution in [1.82, 2.24) is 5.32 Å². The molecule has 0 bridgehead atoms. The van der Waals surface area contributed by atoms with E-state index in [4.69, 9.17) is 5.11 Å². The summed E-state index contributed by atoms with van der Waals surface area (Å²) in [6, 6.07) is 7.90. The fraction of sp³-hybridized carbons (Fsp3) is 0.600. The van der Waals surface area contributed by atoms with Crippen LogP contribution in [0.25, 0.3) is 0 Å². The van der Waals surface area contributed by atoms with Crippen molar-refractivity contribution in [2.24, 2.45) is 5.92 Å². The van der Waals surface area contributed by atoms with Gasteiger partial charge in [0.05, 0.1) is 5.92 Å². The third kappa shape index (κ3) is 5.66. The number of benzene rings is 1. The van der Waals surface area contributed by atoms with Crippen LogP contribution in [0.2, 0.25) is 0 Å². The summed E-state index contributed by atoms with van der Waals surface area (Å²) < 4.78 is 0. The fourth-order valence-corrected chi connectivity index (χ4v) is 5.12. The minimum Gasteiger partial charge on any atom is -0.481 e. The lowest BCUT2D eigenvalue weighted by atomic mass is 9.86. The number of rotatable bonds is 6. The molecule has 0 spiro atoms. The molecule has 1 aromatic rings. The highest BCUT2D eigenvalue weighted by atomic mass is 32.2. The van der Waals surface area contributed by atoms with Gasteiger partial charge >= 0.3 is 12.0 Å². The van der Waals surface area contributed by atoms with Crippen LogP contribution in [0.15, 0.2) is 24.3 Å². The highest BCUT2D eigenvalue weighted by molar-refractivity contribution is 7.99. The Morgan fingerprint density at radius 2 is 1.81 bits per heavy atom. The quantitative estimate of drug-likeness (QED) is 0.676. The second-order valence-corrected chi connectivity index (χ2v) is 8.69. The number of carboxylic acid groups (broad SMARTS) is 1. The predicted molar refractivity (Wildman–Crippen MR) is 106 cm³/mol. The normalized spacial score (nSPS) is 23.5. The van der Waals surface area contributed by atoms with E-state index in [2.05, 4.69) is 16.7 Å². The maximum Gasteiger partial charge on any atom is 0.319 e. The first-order valence-electron chi connectivity index (χ1n) is 9.61. The largest absolute Gasteiger partial charge is 0.481 e. The van der Waals surface area contributed by atoms with Crippen molar-refractivity contribution in [2.75, 3.05) is 5.32 Å². The summed E-state index contributed by atoms with van der Waals surface area (Å²) in [6.45, 7) is 0. The summed E-state index contributed by atoms with van der Waals surface area (Å²) in [7, 11) is 0. The number of carbonyl (C=O) groups excluding carboxylic acids is 1. The Hall–Kier alpha value is -1.69. The van der Waals surface area contributed by atoms with Gasteiger partial charge in [0.15, 0.2) is 0 Å². The van der Waals surface area contributed by atoms with Crippen LogP contribution in [0, 0.1) is 5.92 Å². The SMILES string of the molecule is O=C(Nc1cccc(CSC2CCCC2)c1)NC1CCC(C(=O)O)CC1. The molecular weight excluding hydrogens is 348 g/mol. The fourth-order valence-electron chi connectivity index (χ4n) is 3.85. The minimum absolute atomic E-state index is 0.0618. The number of urea groups is 1. The molecule has 6 heteroatoms. The zero-order valence-electron chi connectivity index (χ0n) is 15.1. The average Bonchev–Trinajstić information content (AvgIpc) is 3.14. The zero-order chi connectivity index (χ0) is 18.4. The van der Waals surface area contributed by atoms with E-state index in [1.54, 1.807) is 0 Å². The lowest BCUT2D eigenvalue weighted by Crippen LogP contribution is -2.40. The van der Waals surface area contributed by atoms with Crippen LogP contribution < -0.4 is 10.6 Å². The number of amides is 2. The number of carboxylic acids is 1. The van der Waals surface area contributed by atoms with Crippen LogP contribution >= 0.6 is 11.8 Å². The van der Waals surface area contributed by atoms with E-state index >= 15 is 0 Å². The molecule has 0 heterocycles. The lowest BCUT2D eigenvalue weighted by molar-refractivity contribution is -0.142.